The topological polar surface area (TPSA) is 58.1 Å². The van der Waals surface area contributed by atoms with Gasteiger partial charge in [-0.05, 0) is 32.9 Å². The Morgan fingerprint density at radius 1 is 1.38 bits per heavy atom. The lowest BCUT2D eigenvalue weighted by Crippen LogP contribution is -2.53. The molecular formula is C19H31FN4O2. The molecule has 1 heterocycles. The van der Waals surface area contributed by atoms with Gasteiger partial charge in [0.1, 0.15) is 17.7 Å². The van der Waals surface area contributed by atoms with Crippen molar-refractivity contribution in [3.63, 3.8) is 0 Å². The van der Waals surface area contributed by atoms with Gasteiger partial charge in [0.25, 0.3) is 0 Å². The van der Waals surface area contributed by atoms with Crippen LogP contribution in [0.3, 0.4) is 0 Å². The van der Waals surface area contributed by atoms with E-state index in [-0.39, 0.29) is 11.9 Å². The molecule has 1 aromatic carbocycles. The largest absolute Gasteiger partial charge is 0.489 e. The molecule has 146 valence electrons. The Hall–Kier alpha value is -1.86. The molecule has 0 spiro atoms. The average Bonchev–Trinajstić information content (AvgIpc) is 2.62. The van der Waals surface area contributed by atoms with Crippen molar-refractivity contribution < 1.29 is 13.9 Å². The molecule has 3 atom stereocenters. The van der Waals surface area contributed by atoms with Gasteiger partial charge in [0.05, 0.1) is 19.8 Å². The standard InChI is InChI=1S/C19H31FN4O2/c1-14(24-8-9-25-13-15(24)2)11-22-19(21-4)23-12-16(3)26-18-7-5-6-17(20)10-18/h5-7,10,14-16H,8-9,11-13H2,1-4H3,(H2,21,22,23). The van der Waals surface area contributed by atoms with Gasteiger partial charge in [-0.2, -0.15) is 0 Å². The van der Waals surface area contributed by atoms with Gasteiger partial charge in [-0.25, -0.2) is 4.39 Å². The summed E-state index contributed by atoms with van der Waals surface area (Å²) < 4.78 is 24.4. The van der Waals surface area contributed by atoms with Crippen molar-refractivity contribution in [1.82, 2.24) is 15.5 Å². The molecule has 0 aliphatic carbocycles. The summed E-state index contributed by atoms with van der Waals surface area (Å²) in [4.78, 5) is 6.70. The van der Waals surface area contributed by atoms with Crippen LogP contribution < -0.4 is 15.4 Å². The lowest BCUT2D eigenvalue weighted by molar-refractivity contribution is -0.0174. The maximum Gasteiger partial charge on any atom is 0.191 e. The maximum atomic E-state index is 13.2. The first-order chi connectivity index (χ1) is 12.5. The number of halogens is 1. The zero-order chi connectivity index (χ0) is 18.9. The minimum absolute atomic E-state index is 0.118. The summed E-state index contributed by atoms with van der Waals surface area (Å²) in [6.45, 7) is 10.2. The Balaban J connectivity index is 1.73. The van der Waals surface area contributed by atoms with Gasteiger partial charge in [0, 0.05) is 38.3 Å². The molecule has 2 rings (SSSR count). The number of nitrogens with zero attached hydrogens (tertiary/aromatic N) is 2. The van der Waals surface area contributed by atoms with E-state index in [0.29, 0.717) is 24.4 Å². The van der Waals surface area contributed by atoms with E-state index in [9.17, 15) is 4.39 Å². The monoisotopic (exact) mass is 366 g/mol. The van der Waals surface area contributed by atoms with Crippen LogP contribution in [0.4, 0.5) is 4.39 Å². The Morgan fingerprint density at radius 3 is 2.85 bits per heavy atom. The molecular weight excluding hydrogens is 335 g/mol. The molecule has 7 heteroatoms. The molecule has 1 fully saturated rings. The molecule has 1 aliphatic heterocycles. The number of rotatable bonds is 7. The molecule has 3 unspecified atom stereocenters. The average molecular weight is 366 g/mol. The van der Waals surface area contributed by atoms with Gasteiger partial charge >= 0.3 is 0 Å². The van der Waals surface area contributed by atoms with Crippen LogP contribution in [0.15, 0.2) is 29.3 Å². The highest BCUT2D eigenvalue weighted by molar-refractivity contribution is 5.79. The first-order valence-electron chi connectivity index (χ1n) is 9.19. The van der Waals surface area contributed by atoms with Gasteiger partial charge in [-0.15, -0.1) is 0 Å². The van der Waals surface area contributed by atoms with Crippen molar-refractivity contribution in [2.75, 3.05) is 39.9 Å². The van der Waals surface area contributed by atoms with Crippen LogP contribution in [0.2, 0.25) is 0 Å². The van der Waals surface area contributed by atoms with E-state index in [2.05, 4.69) is 34.4 Å². The van der Waals surface area contributed by atoms with E-state index in [0.717, 1.165) is 32.3 Å². The van der Waals surface area contributed by atoms with Crippen LogP contribution >= 0.6 is 0 Å². The van der Waals surface area contributed by atoms with Gasteiger partial charge in [0.15, 0.2) is 5.96 Å². The molecule has 1 aliphatic rings. The van der Waals surface area contributed by atoms with Crippen LogP contribution in [-0.2, 0) is 4.74 Å². The predicted molar refractivity (Wildman–Crippen MR) is 102 cm³/mol. The van der Waals surface area contributed by atoms with E-state index < -0.39 is 0 Å². The molecule has 0 saturated carbocycles. The van der Waals surface area contributed by atoms with Crippen molar-refractivity contribution in [2.24, 2.45) is 4.99 Å². The molecule has 0 amide bonds. The minimum Gasteiger partial charge on any atom is -0.489 e. The van der Waals surface area contributed by atoms with Crippen molar-refractivity contribution in [2.45, 2.75) is 39.0 Å². The molecule has 2 N–H and O–H groups in total. The Bertz CT molecular complexity index is 584. The zero-order valence-electron chi connectivity index (χ0n) is 16.2. The second kappa shape index (κ2) is 10.3. The Labute approximate surface area is 155 Å². The number of nitrogens with one attached hydrogen (secondary N) is 2. The molecule has 0 bridgehead atoms. The number of hydrogen-bond acceptors (Lipinski definition) is 4. The van der Waals surface area contributed by atoms with E-state index in [4.69, 9.17) is 9.47 Å². The van der Waals surface area contributed by atoms with E-state index in [1.54, 1.807) is 19.2 Å². The highest BCUT2D eigenvalue weighted by atomic mass is 19.1. The quantitative estimate of drug-likeness (QED) is 0.570. The van der Waals surface area contributed by atoms with Gasteiger partial charge in [-0.3, -0.25) is 9.89 Å². The lowest BCUT2D eigenvalue weighted by Gasteiger charge is -2.38. The molecule has 0 aromatic heterocycles. The fourth-order valence-electron chi connectivity index (χ4n) is 3.03. The van der Waals surface area contributed by atoms with Crippen LogP contribution in [0.25, 0.3) is 0 Å². The number of ether oxygens (including phenoxy) is 2. The smallest absolute Gasteiger partial charge is 0.191 e. The fraction of sp³-hybridized carbons (Fsp3) is 0.632. The molecule has 1 aromatic rings. The summed E-state index contributed by atoms with van der Waals surface area (Å²) in [6, 6.07) is 6.98. The van der Waals surface area contributed by atoms with Crippen LogP contribution in [-0.4, -0.2) is 68.9 Å². The number of guanidine groups is 1. The Kier molecular flexibility index (Phi) is 8.12. The number of benzene rings is 1. The third kappa shape index (κ3) is 6.46. The van der Waals surface area contributed by atoms with Crippen LogP contribution in [0.5, 0.6) is 5.75 Å². The summed E-state index contributed by atoms with van der Waals surface area (Å²) in [7, 11) is 1.75. The second-order valence-electron chi connectivity index (χ2n) is 6.73. The number of morpholine rings is 1. The third-order valence-electron chi connectivity index (χ3n) is 4.46. The second-order valence-corrected chi connectivity index (χ2v) is 6.73. The van der Waals surface area contributed by atoms with Crippen molar-refractivity contribution in [1.29, 1.82) is 0 Å². The van der Waals surface area contributed by atoms with Crippen molar-refractivity contribution >= 4 is 5.96 Å². The first kappa shape index (κ1) is 20.5. The summed E-state index contributed by atoms with van der Waals surface area (Å²) in [5, 5.41) is 6.61. The SMILES string of the molecule is CN=C(NCC(C)Oc1cccc(F)c1)NCC(C)N1CCOCC1C. The van der Waals surface area contributed by atoms with Crippen molar-refractivity contribution in [3.05, 3.63) is 30.1 Å². The summed E-state index contributed by atoms with van der Waals surface area (Å²) in [6.07, 6.45) is -0.118. The normalized spacial score (nSPS) is 21.1. The highest BCUT2D eigenvalue weighted by Crippen LogP contribution is 2.13. The summed E-state index contributed by atoms with van der Waals surface area (Å²) >= 11 is 0. The maximum absolute atomic E-state index is 13.2. The van der Waals surface area contributed by atoms with E-state index in [1.165, 1.54) is 12.1 Å². The highest BCUT2D eigenvalue weighted by Gasteiger charge is 2.23. The van der Waals surface area contributed by atoms with Crippen LogP contribution in [0, 0.1) is 5.82 Å². The van der Waals surface area contributed by atoms with E-state index >= 15 is 0 Å². The molecule has 0 radical (unpaired) electrons. The number of hydrogen-bond donors (Lipinski definition) is 2. The molecule has 26 heavy (non-hydrogen) atoms. The minimum atomic E-state index is -0.300. The first-order valence-corrected chi connectivity index (χ1v) is 9.19. The fourth-order valence-corrected chi connectivity index (χ4v) is 3.03. The van der Waals surface area contributed by atoms with Crippen LogP contribution in [0.1, 0.15) is 20.8 Å². The summed E-state index contributed by atoms with van der Waals surface area (Å²) in [5.74, 6) is 0.955. The summed E-state index contributed by atoms with van der Waals surface area (Å²) in [5.41, 5.74) is 0. The third-order valence-corrected chi connectivity index (χ3v) is 4.46. The molecule has 6 nitrogen and oxygen atoms in total. The number of aliphatic imine (C=N–C) groups is 1. The predicted octanol–water partition coefficient (Wildman–Crippen LogP) is 1.87. The zero-order valence-corrected chi connectivity index (χ0v) is 16.2. The van der Waals surface area contributed by atoms with Gasteiger partial charge < -0.3 is 20.1 Å². The van der Waals surface area contributed by atoms with E-state index in [1.807, 2.05) is 6.92 Å². The van der Waals surface area contributed by atoms with Crippen molar-refractivity contribution in [3.8, 4) is 5.75 Å². The lowest BCUT2D eigenvalue weighted by atomic mass is 10.2. The Morgan fingerprint density at radius 2 is 2.15 bits per heavy atom. The van der Waals surface area contributed by atoms with Gasteiger partial charge in [-0.1, -0.05) is 6.07 Å². The molecule has 1 saturated heterocycles. The van der Waals surface area contributed by atoms with Gasteiger partial charge in [0.2, 0.25) is 0 Å².